The van der Waals surface area contributed by atoms with Crippen LogP contribution in [0.15, 0.2) is 23.3 Å². The second-order valence-corrected chi connectivity index (χ2v) is 8.27. The van der Waals surface area contributed by atoms with Gasteiger partial charge < -0.3 is 34.6 Å². The minimum atomic E-state index is -1.70. The fourth-order valence-electron chi connectivity index (χ4n) is 4.21. The number of fused-ring (bicyclic) bond motifs is 1. The van der Waals surface area contributed by atoms with Crippen molar-refractivity contribution in [3.63, 3.8) is 0 Å². The third kappa shape index (κ3) is 4.76. The molecular weight excluding hydrogens is 396 g/mol. The summed E-state index contributed by atoms with van der Waals surface area (Å²) in [5, 5.41) is 39.4. The lowest BCUT2D eigenvalue weighted by Gasteiger charge is -2.39. The summed E-state index contributed by atoms with van der Waals surface area (Å²) in [5.41, 5.74) is 1.43. The summed E-state index contributed by atoms with van der Waals surface area (Å²) in [7, 11) is 0. The Morgan fingerprint density at radius 1 is 1.23 bits per heavy atom. The van der Waals surface area contributed by atoms with Crippen LogP contribution in [0.2, 0.25) is 0 Å². The van der Waals surface area contributed by atoms with Gasteiger partial charge in [0.25, 0.3) is 0 Å². The van der Waals surface area contributed by atoms with Crippen LogP contribution in [0.1, 0.15) is 39.5 Å². The van der Waals surface area contributed by atoms with Gasteiger partial charge in [-0.25, -0.2) is 4.79 Å². The number of carbonyl (C=O) groups is 2. The first-order chi connectivity index (χ1) is 14.2. The Morgan fingerprint density at radius 2 is 1.97 bits per heavy atom. The Morgan fingerprint density at radius 3 is 2.67 bits per heavy atom. The van der Waals surface area contributed by atoms with Gasteiger partial charge in [-0.1, -0.05) is 18.6 Å². The van der Waals surface area contributed by atoms with E-state index in [1.54, 1.807) is 6.08 Å². The number of hydrogen-bond acceptors (Lipinski definition) is 9. The molecule has 168 valence electrons. The monoisotopic (exact) mass is 426 g/mol. The van der Waals surface area contributed by atoms with Crippen LogP contribution in [0.4, 0.5) is 0 Å². The minimum Gasteiger partial charge on any atom is -0.458 e. The number of hydrogen-bond donors (Lipinski definition) is 4. The number of ether oxygens (including phenoxy) is 3. The van der Waals surface area contributed by atoms with Gasteiger partial charge in [-0.3, -0.25) is 4.79 Å². The molecule has 9 nitrogen and oxygen atoms in total. The number of allylic oxidation sites excluding steroid dienone is 2. The topological polar surface area (TPSA) is 143 Å². The molecule has 0 bridgehead atoms. The number of aliphatic hydroxyl groups excluding tert-OH is 4. The Balaban J connectivity index is 1.74. The zero-order chi connectivity index (χ0) is 22.0. The Kier molecular flexibility index (Phi) is 7.30. The van der Waals surface area contributed by atoms with E-state index in [1.165, 1.54) is 0 Å². The molecule has 0 radical (unpaired) electrons. The Labute approximate surface area is 174 Å². The van der Waals surface area contributed by atoms with Crippen LogP contribution >= 0.6 is 0 Å². The second-order valence-electron chi connectivity index (χ2n) is 8.27. The number of rotatable bonds is 3. The zero-order valence-electron chi connectivity index (χ0n) is 17.1. The van der Waals surface area contributed by atoms with Crippen molar-refractivity contribution < 1.29 is 44.2 Å². The van der Waals surface area contributed by atoms with E-state index in [0.29, 0.717) is 31.3 Å². The highest BCUT2D eigenvalue weighted by Crippen LogP contribution is 2.35. The summed E-state index contributed by atoms with van der Waals surface area (Å²) < 4.78 is 15.7. The van der Waals surface area contributed by atoms with Crippen molar-refractivity contribution in [3.8, 4) is 0 Å². The van der Waals surface area contributed by atoms with E-state index in [0.717, 1.165) is 5.57 Å². The van der Waals surface area contributed by atoms with Gasteiger partial charge in [0.1, 0.15) is 24.4 Å². The molecule has 9 heteroatoms. The third-order valence-electron chi connectivity index (χ3n) is 6.16. The maximum atomic E-state index is 12.8. The van der Waals surface area contributed by atoms with Crippen molar-refractivity contribution in [2.24, 2.45) is 11.8 Å². The molecule has 30 heavy (non-hydrogen) atoms. The fourth-order valence-corrected chi connectivity index (χ4v) is 4.21. The van der Waals surface area contributed by atoms with Crippen molar-refractivity contribution in [2.75, 3.05) is 6.61 Å². The van der Waals surface area contributed by atoms with E-state index in [4.69, 9.17) is 14.2 Å². The molecule has 0 spiro atoms. The molecule has 3 rings (SSSR count). The lowest BCUT2D eigenvalue weighted by Crippen LogP contribution is -2.59. The molecule has 0 aromatic rings. The highest BCUT2D eigenvalue weighted by molar-refractivity contribution is 5.88. The largest absolute Gasteiger partial charge is 0.458 e. The quantitative estimate of drug-likeness (QED) is 0.361. The van der Waals surface area contributed by atoms with E-state index >= 15 is 0 Å². The van der Waals surface area contributed by atoms with Gasteiger partial charge in [0, 0.05) is 11.5 Å². The van der Waals surface area contributed by atoms with Crippen molar-refractivity contribution in [2.45, 2.75) is 76.3 Å². The highest BCUT2D eigenvalue weighted by atomic mass is 16.7. The lowest BCUT2D eigenvalue weighted by atomic mass is 9.84. The summed E-state index contributed by atoms with van der Waals surface area (Å²) in [6.45, 7) is 3.16. The van der Waals surface area contributed by atoms with Gasteiger partial charge in [-0.15, -0.1) is 0 Å². The van der Waals surface area contributed by atoms with Crippen molar-refractivity contribution in [1.82, 2.24) is 0 Å². The standard InChI is InChI=1S/C21H30O9/c1-10-4-3-5-12(6-7-13-11(2)19(25)28-14(13)8-10)20(26)30-18-16(23)15(9-22)29-21(27)17(18)24/h5,8,11,13-18,21-24,27H,3-4,6-7,9H2,1-2H3/b10-8+,12-5?/t11?,13-,14+,15+,16+,17+,18-,21+/m0/s1. The summed E-state index contributed by atoms with van der Waals surface area (Å²) >= 11 is 0. The van der Waals surface area contributed by atoms with Crippen molar-refractivity contribution in [1.29, 1.82) is 0 Å². The van der Waals surface area contributed by atoms with E-state index in [1.807, 2.05) is 19.9 Å². The van der Waals surface area contributed by atoms with Gasteiger partial charge >= 0.3 is 11.9 Å². The lowest BCUT2D eigenvalue weighted by molar-refractivity contribution is -0.289. The molecule has 2 aliphatic heterocycles. The molecule has 0 aromatic carbocycles. The van der Waals surface area contributed by atoms with Crippen molar-refractivity contribution in [3.05, 3.63) is 23.3 Å². The molecule has 0 amide bonds. The molecule has 0 saturated carbocycles. The van der Waals surface area contributed by atoms with Crippen LogP contribution in [-0.2, 0) is 23.8 Å². The summed E-state index contributed by atoms with van der Waals surface area (Å²) in [6.07, 6.45) is -1.91. The molecule has 0 aromatic heterocycles. The number of carbonyl (C=O) groups excluding carboxylic acids is 2. The van der Waals surface area contributed by atoms with E-state index in [9.17, 15) is 30.0 Å². The van der Waals surface area contributed by atoms with E-state index in [2.05, 4.69) is 0 Å². The predicted octanol–water partition coefficient (Wildman–Crippen LogP) is -0.0461. The van der Waals surface area contributed by atoms with Crippen LogP contribution < -0.4 is 0 Å². The number of esters is 2. The molecule has 2 saturated heterocycles. The maximum Gasteiger partial charge on any atom is 0.334 e. The van der Waals surface area contributed by atoms with Gasteiger partial charge in [-0.05, 0) is 38.7 Å². The van der Waals surface area contributed by atoms with Gasteiger partial charge in [0.15, 0.2) is 12.4 Å². The van der Waals surface area contributed by atoms with Crippen LogP contribution in [0, 0.1) is 11.8 Å². The molecular formula is C21H30O9. The van der Waals surface area contributed by atoms with Gasteiger partial charge in [0.2, 0.25) is 0 Å². The molecule has 2 heterocycles. The molecule has 8 atom stereocenters. The average molecular weight is 426 g/mol. The summed E-state index contributed by atoms with van der Waals surface area (Å²) in [6, 6.07) is 0. The first-order valence-corrected chi connectivity index (χ1v) is 10.3. The van der Waals surface area contributed by atoms with Crippen molar-refractivity contribution >= 4 is 11.9 Å². The molecule has 1 aliphatic carbocycles. The zero-order valence-corrected chi connectivity index (χ0v) is 17.1. The van der Waals surface area contributed by atoms with E-state index in [-0.39, 0.29) is 23.9 Å². The Bertz CT molecular complexity index is 715. The molecule has 2 fully saturated rings. The first kappa shape index (κ1) is 22.9. The molecule has 1 unspecified atom stereocenters. The van der Waals surface area contributed by atoms with Crippen LogP contribution in [0.25, 0.3) is 0 Å². The second kappa shape index (κ2) is 9.57. The number of aliphatic hydroxyl groups is 4. The SMILES string of the molecule is C/C1=C\[C@H]2OC(=O)C(C)[C@@H]2CCC(C(=O)O[C@@H]2[C@@H](O)[C@H](O)O[C@H](CO)[C@H]2O)=CCC1. The normalized spacial score (nSPS) is 41.7. The van der Waals surface area contributed by atoms with Crippen LogP contribution in [0.3, 0.4) is 0 Å². The fraction of sp³-hybridized carbons (Fsp3) is 0.714. The predicted molar refractivity (Wildman–Crippen MR) is 103 cm³/mol. The molecule has 3 aliphatic rings. The third-order valence-corrected chi connectivity index (χ3v) is 6.16. The minimum absolute atomic E-state index is 0.0680. The van der Waals surface area contributed by atoms with E-state index < -0.39 is 43.3 Å². The molecule has 4 N–H and O–H groups in total. The highest BCUT2D eigenvalue weighted by Gasteiger charge is 2.46. The van der Waals surface area contributed by atoms with Gasteiger partial charge in [0.05, 0.1) is 12.5 Å². The first-order valence-electron chi connectivity index (χ1n) is 10.3. The summed E-state index contributed by atoms with van der Waals surface area (Å²) in [5.74, 6) is -1.32. The maximum absolute atomic E-state index is 12.8. The summed E-state index contributed by atoms with van der Waals surface area (Å²) in [4.78, 5) is 24.8. The smallest absolute Gasteiger partial charge is 0.334 e. The average Bonchev–Trinajstić information content (AvgIpc) is 2.97. The van der Waals surface area contributed by atoms with Gasteiger partial charge in [-0.2, -0.15) is 0 Å². The van der Waals surface area contributed by atoms with Crippen LogP contribution in [0.5, 0.6) is 0 Å². The van der Waals surface area contributed by atoms with Crippen LogP contribution in [-0.4, -0.2) is 75.8 Å². The Hall–Kier alpha value is -1.78.